The minimum absolute atomic E-state index is 0.0606. The first-order valence-corrected chi connectivity index (χ1v) is 12.5. The van der Waals surface area contributed by atoms with Crippen molar-refractivity contribution in [2.45, 2.75) is 65.6 Å². The van der Waals surface area contributed by atoms with Crippen LogP contribution >= 0.6 is 0 Å². The molecule has 3 rings (SSSR count). The molecule has 1 fully saturated rings. The van der Waals surface area contributed by atoms with E-state index in [0.717, 1.165) is 63.2 Å². The second kappa shape index (κ2) is 12.4. The van der Waals surface area contributed by atoms with E-state index in [2.05, 4.69) is 23.6 Å². The predicted octanol–water partition coefficient (Wildman–Crippen LogP) is 5.70. The highest BCUT2D eigenvalue weighted by atomic mass is 16.5. The van der Waals surface area contributed by atoms with E-state index in [9.17, 15) is 9.59 Å². The van der Waals surface area contributed by atoms with Gasteiger partial charge in [-0.3, -0.25) is 0 Å². The second-order valence-electron chi connectivity index (χ2n) is 9.08. The van der Waals surface area contributed by atoms with Crippen molar-refractivity contribution >= 4 is 23.3 Å². The summed E-state index contributed by atoms with van der Waals surface area (Å²) in [6.07, 6.45) is 3.62. The molecule has 0 amide bonds. The minimum atomic E-state index is -0.260. The molecule has 0 aromatic heterocycles. The predicted molar refractivity (Wildman–Crippen MR) is 137 cm³/mol. The van der Waals surface area contributed by atoms with Gasteiger partial charge in [0.25, 0.3) is 0 Å². The van der Waals surface area contributed by atoms with E-state index >= 15 is 0 Å². The topological polar surface area (TPSA) is 59.1 Å². The summed E-state index contributed by atoms with van der Waals surface area (Å²) in [7, 11) is 0. The van der Waals surface area contributed by atoms with Gasteiger partial charge in [-0.05, 0) is 75.2 Å². The molecule has 0 unspecified atom stereocenters. The van der Waals surface area contributed by atoms with E-state index in [1.54, 1.807) is 0 Å². The number of ether oxygens (including phenoxy) is 2. The first kappa shape index (κ1) is 25.6. The van der Waals surface area contributed by atoms with Crippen molar-refractivity contribution in [3.8, 4) is 0 Å². The van der Waals surface area contributed by atoms with Crippen LogP contribution < -0.4 is 9.80 Å². The van der Waals surface area contributed by atoms with Crippen molar-refractivity contribution in [3.05, 3.63) is 59.7 Å². The third kappa shape index (κ3) is 6.99. The normalized spacial score (nSPS) is 15.5. The maximum absolute atomic E-state index is 12.3. The number of benzene rings is 2. The van der Waals surface area contributed by atoms with Crippen LogP contribution in [0.5, 0.6) is 0 Å². The van der Waals surface area contributed by atoms with Crippen LogP contribution in [-0.2, 0) is 9.47 Å². The fourth-order valence-electron chi connectivity index (χ4n) is 4.27. The highest BCUT2D eigenvalue weighted by molar-refractivity contribution is 5.90. The summed E-state index contributed by atoms with van der Waals surface area (Å²) in [4.78, 5) is 29.2. The molecule has 2 aromatic carbocycles. The molecule has 1 heterocycles. The van der Waals surface area contributed by atoms with Crippen molar-refractivity contribution in [2.75, 3.05) is 36.0 Å². The van der Waals surface area contributed by atoms with Crippen molar-refractivity contribution in [1.29, 1.82) is 0 Å². The van der Waals surface area contributed by atoms with E-state index in [4.69, 9.17) is 9.47 Å². The molecule has 1 aliphatic rings. The van der Waals surface area contributed by atoms with Gasteiger partial charge in [-0.2, -0.15) is 0 Å². The van der Waals surface area contributed by atoms with Crippen molar-refractivity contribution in [2.24, 2.45) is 0 Å². The van der Waals surface area contributed by atoms with Crippen LogP contribution in [0.4, 0.5) is 11.4 Å². The molecule has 6 heteroatoms. The Morgan fingerprint density at radius 1 is 0.676 bits per heavy atom. The molecule has 1 saturated heterocycles. The summed E-state index contributed by atoms with van der Waals surface area (Å²) in [5.41, 5.74) is 3.40. The summed E-state index contributed by atoms with van der Waals surface area (Å²) in [6, 6.07) is 15.4. The van der Waals surface area contributed by atoms with Crippen molar-refractivity contribution < 1.29 is 19.1 Å². The Morgan fingerprint density at radius 2 is 1.00 bits per heavy atom. The van der Waals surface area contributed by atoms with Crippen LogP contribution in [0.1, 0.15) is 74.1 Å². The average Bonchev–Trinajstić information content (AvgIpc) is 2.84. The Balaban J connectivity index is 1.51. The summed E-state index contributed by atoms with van der Waals surface area (Å²) >= 11 is 0. The third-order valence-electron chi connectivity index (χ3n) is 6.22. The summed E-state index contributed by atoms with van der Waals surface area (Å²) in [5, 5.41) is 0. The van der Waals surface area contributed by atoms with Gasteiger partial charge >= 0.3 is 11.9 Å². The summed E-state index contributed by atoms with van der Waals surface area (Å²) in [6.45, 7) is 11.6. The summed E-state index contributed by atoms with van der Waals surface area (Å²) in [5.74, 6) is -0.520. The molecule has 184 valence electrons. The Kier molecular flexibility index (Phi) is 9.37. The van der Waals surface area contributed by atoms with Gasteiger partial charge in [0.15, 0.2) is 0 Å². The molecule has 1 aliphatic heterocycles. The quantitative estimate of drug-likeness (QED) is 0.419. The maximum atomic E-state index is 12.3. The van der Waals surface area contributed by atoms with E-state index in [1.807, 2.05) is 62.4 Å². The molecule has 2 atom stereocenters. The van der Waals surface area contributed by atoms with Gasteiger partial charge in [-0.1, -0.05) is 26.7 Å². The van der Waals surface area contributed by atoms with Gasteiger partial charge in [0, 0.05) is 37.6 Å². The van der Waals surface area contributed by atoms with Gasteiger partial charge in [0.1, 0.15) is 0 Å². The summed E-state index contributed by atoms with van der Waals surface area (Å²) < 4.78 is 11.0. The lowest BCUT2D eigenvalue weighted by atomic mass is 10.1. The van der Waals surface area contributed by atoms with Gasteiger partial charge in [-0.25, -0.2) is 9.59 Å². The smallest absolute Gasteiger partial charge is 0.338 e. The number of hydrogen-bond donors (Lipinski definition) is 0. The molecule has 0 saturated carbocycles. The fraction of sp³-hybridized carbons (Fsp3) is 0.500. The van der Waals surface area contributed by atoms with Gasteiger partial charge in [0.2, 0.25) is 0 Å². The number of piperazine rings is 1. The van der Waals surface area contributed by atoms with Gasteiger partial charge < -0.3 is 19.3 Å². The van der Waals surface area contributed by atoms with Crippen LogP contribution in [-0.4, -0.2) is 50.3 Å². The number of hydrogen-bond acceptors (Lipinski definition) is 6. The molecule has 6 nitrogen and oxygen atoms in total. The van der Waals surface area contributed by atoms with Crippen LogP contribution in [0.3, 0.4) is 0 Å². The van der Waals surface area contributed by atoms with E-state index in [1.165, 1.54) is 0 Å². The zero-order valence-corrected chi connectivity index (χ0v) is 21.0. The Labute approximate surface area is 203 Å². The Morgan fingerprint density at radius 3 is 1.29 bits per heavy atom. The highest BCUT2D eigenvalue weighted by Gasteiger charge is 2.19. The van der Waals surface area contributed by atoms with Crippen LogP contribution in [0.2, 0.25) is 0 Å². The first-order valence-electron chi connectivity index (χ1n) is 12.5. The highest BCUT2D eigenvalue weighted by Crippen LogP contribution is 2.22. The largest absolute Gasteiger partial charge is 0.459 e. The van der Waals surface area contributed by atoms with Gasteiger partial charge in [-0.15, -0.1) is 0 Å². The van der Waals surface area contributed by atoms with Crippen LogP contribution in [0, 0.1) is 0 Å². The molecule has 0 bridgehead atoms. The average molecular weight is 467 g/mol. The van der Waals surface area contributed by atoms with E-state index < -0.39 is 0 Å². The fourth-order valence-corrected chi connectivity index (χ4v) is 4.27. The molecule has 0 spiro atoms. The number of nitrogens with zero attached hydrogens (tertiary/aromatic N) is 2. The molecule has 34 heavy (non-hydrogen) atoms. The first-order chi connectivity index (χ1) is 16.4. The second-order valence-corrected chi connectivity index (χ2v) is 9.08. The molecule has 0 N–H and O–H groups in total. The number of carbonyl (C=O) groups excluding carboxylic acids is 2. The van der Waals surface area contributed by atoms with Gasteiger partial charge in [0.05, 0.1) is 23.3 Å². The number of esters is 2. The third-order valence-corrected chi connectivity index (χ3v) is 6.22. The van der Waals surface area contributed by atoms with Crippen LogP contribution in [0.15, 0.2) is 48.5 Å². The van der Waals surface area contributed by atoms with Crippen molar-refractivity contribution in [1.82, 2.24) is 0 Å². The maximum Gasteiger partial charge on any atom is 0.338 e. The van der Waals surface area contributed by atoms with E-state index in [-0.39, 0.29) is 24.1 Å². The molecule has 2 aromatic rings. The SMILES string of the molecule is CCC[C@H](C)OC(=O)c1ccc(N2CCN(c3ccc(C(=O)O[C@@H](C)CCC)cc3)CC2)cc1. The Bertz CT molecular complexity index is 841. The van der Waals surface area contributed by atoms with Crippen molar-refractivity contribution in [3.63, 3.8) is 0 Å². The molecular formula is C28H38N2O4. The zero-order valence-electron chi connectivity index (χ0n) is 21.0. The van der Waals surface area contributed by atoms with E-state index in [0.29, 0.717) is 11.1 Å². The lowest BCUT2D eigenvalue weighted by molar-refractivity contribution is 0.0313. The van der Waals surface area contributed by atoms with Crippen LogP contribution in [0.25, 0.3) is 0 Å². The minimum Gasteiger partial charge on any atom is -0.459 e. The Hall–Kier alpha value is -3.02. The number of anilines is 2. The lowest BCUT2D eigenvalue weighted by Crippen LogP contribution is -2.46. The lowest BCUT2D eigenvalue weighted by Gasteiger charge is -2.37. The zero-order chi connectivity index (χ0) is 24.5. The molecule has 0 radical (unpaired) electrons. The molecule has 0 aliphatic carbocycles. The molecular weight excluding hydrogens is 428 g/mol. The number of rotatable bonds is 10. The standard InChI is InChI=1S/C28H38N2O4/c1-5-7-21(3)33-27(31)23-9-13-25(14-10-23)29-17-19-30(20-18-29)26-15-11-24(12-16-26)28(32)34-22(4)8-6-2/h9-16,21-22H,5-8,17-20H2,1-4H3/t21-,22-/m0/s1. The number of carbonyl (C=O) groups is 2. The monoisotopic (exact) mass is 466 g/mol.